The molecule has 10 nitrogen and oxygen atoms in total. The van der Waals surface area contributed by atoms with Gasteiger partial charge in [-0.05, 0) is 30.3 Å². The summed E-state index contributed by atoms with van der Waals surface area (Å²) in [5, 5.41) is 0.528. The Bertz CT molecular complexity index is 1580. The molecule has 0 radical (unpaired) electrons. The molecule has 0 fully saturated rings. The number of nitrogens with two attached hydrogens (primary N) is 1. The predicted octanol–water partition coefficient (Wildman–Crippen LogP) is 2.57. The number of pyridine rings is 2. The predicted molar refractivity (Wildman–Crippen MR) is 121 cm³/mol. The van der Waals surface area contributed by atoms with E-state index in [1.54, 1.807) is 0 Å². The molecule has 0 amide bonds. The molecule has 170 valence electrons. The first kappa shape index (κ1) is 22.4. The third-order valence-corrected chi connectivity index (χ3v) is 6.33. The molecule has 33 heavy (non-hydrogen) atoms. The maximum Gasteiger partial charge on any atom is 0.267 e. The molecule has 0 saturated carbocycles. The van der Waals surface area contributed by atoms with Crippen LogP contribution in [0.5, 0.6) is 5.88 Å². The van der Waals surface area contributed by atoms with Crippen LogP contribution in [-0.4, -0.2) is 35.0 Å². The Morgan fingerprint density at radius 3 is 2.64 bits per heavy atom. The number of nitrogens with one attached hydrogen (secondary N) is 1. The lowest BCUT2D eigenvalue weighted by molar-refractivity contribution is 0.385. The molecule has 3 aromatic heterocycles. The van der Waals surface area contributed by atoms with Gasteiger partial charge in [-0.15, -0.1) is 0 Å². The van der Waals surface area contributed by atoms with E-state index in [0.717, 1.165) is 6.07 Å². The second-order valence-electron chi connectivity index (χ2n) is 6.89. The van der Waals surface area contributed by atoms with E-state index in [0.29, 0.717) is 5.39 Å². The number of fused-ring (bicyclic) bond motifs is 1. The number of benzene rings is 1. The Kier molecular flexibility index (Phi) is 5.64. The zero-order valence-electron chi connectivity index (χ0n) is 17.2. The average molecular weight is 491 g/mol. The molecule has 1 aromatic carbocycles. The number of aromatic nitrogens is 4. The second-order valence-corrected chi connectivity index (χ2v) is 8.98. The van der Waals surface area contributed by atoms with E-state index in [9.17, 15) is 17.6 Å². The van der Waals surface area contributed by atoms with Crippen molar-refractivity contribution < 1.29 is 17.5 Å². The minimum Gasteiger partial charge on any atom is -0.480 e. The van der Waals surface area contributed by atoms with Crippen LogP contribution in [0.25, 0.3) is 22.2 Å². The minimum atomic E-state index is -4.21. The highest BCUT2D eigenvalue weighted by molar-refractivity contribution is 7.92. The van der Waals surface area contributed by atoms with Crippen LogP contribution in [0.4, 0.5) is 16.0 Å². The molecule has 3 heterocycles. The highest BCUT2D eigenvalue weighted by Crippen LogP contribution is 2.29. The topological polar surface area (TPSA) is 142 Å². The number of hydrogen-bond acceptors (Lipinski definition) is 8. The van der Waals surface area contributed by atoms with Gasteiger partial charge in [-0.2, -0.15) is 4.98 Å². The van der Waals surface area contributed by atoms with Crippen molar-refractivity contribution in [1.82, 2.24) is 19.5 Å². The van der Waals surface area contributed by atoms with Gasteiger partial charge in [-0.25, -0.2) is 22.8 Å². The van der Waals surface area contributed by atoms with E-state index in [-0.39, 0.29) is 44.2 Å². The van der Waals surface area contributed by atoms with Crippen LogP contribution < -0.4 is 20.8 Å². The van der Waals surface area contributed by atoms with Crippen molar-refractivity contribution in [1.29, 1.82) is 0 Å². The van der Waals surface area contributed by atoms with Gasteiger partial charge in [0.2, 0.25) is 11.8 Å². The first-order valence-electron chi connectivity index (χ1n) is 9.25. The number of sulfonamides is 1. The van der Waals surface area contributed by atoms with E-state index < -0.39 is 21.4 Å². The third kappa shape index (κ3) is 4.17. The number of methoxy groups -OCH3 is 1. The van der Waals surface area contributed by atoms with Crippen molar-refractivity contribution >= 4 is 44.3 Å². The number of anilines is 2. The molecular formula is C20H16ClFN6O4S. The van der Waals surface area contributed by atoms with Gasteiger partial charge in [0.05, 0.1) is 17.7 Å². The van der Waals surface area contributed by atoms with Gasteiger partial charge in [-0.3, -0.25) is 14.1 Å². The van der Waals surface area contributed by atoms with Crippen LogP contribution in [0.2, 0.25) is 5.02 Å². The van der Waals surface area contributed by atoms with Crippen LogP contribution in [0.15, 0.2) is 52.4 Å². The monoisotopic (exact) mass is 490 g/mol. The summed E-state index contributed by atoms with van der Waals surface area (Å²) in [7, 11) is -1.49. The number of rotatable bonds is 5. The lowest BCUT2D eigenvalue weighted by Gasteiger charge is -2.13. The molecule has 0 unspecified atom stereocenters. The smallest absolute Gasteiger partial charge is 0.267 e. The average Bonchev–Trinajstić information content (AvgIpc) is 2.78. The number of aryl methyl sites for hydroxylation is 1. The molecule has 0 aliphatic carbocycles. The quantitative estimate of drug-likeness (QED) is 0.434. The van der Waals surface area contributed by atoms with E-state index >= 15 is 0 Å². The fourth-order valence-corrected chi connectivity index (χ4v) is 4.63. The molecule has 0 atom stereocenters. The standard InChI is InChI=1S/C20H16ClFN6O4S/c1-28-17-10(8-25-20(23)26-17)5-14(19(28)29)13-7-12(3-4-15(13)22)27-33(30,31)16-6-11(21)9-24-18(16)32-2/h3-9,27H,1-2H3,(H2,23,25,26). The Labute approximate surface area is 191 Å². The number of nitrogens with zero attached hydrogens (tertiary/aromatic N) is 4. The molecule has 0 spiro atoms. The van der Waals surface area contributed by atoms with Crippen LogP contribution in [-0.2, 0) is 17.1 Å². The van der Waals surface area contributed by atoms with Crippen molar-refractivity contribution in [2.75, 3.05) is 17.6 Å². The van der Waals surface area contributed by atoms with Crippen molar-refractivity contribution in [3.05, 3.63) is 63.9 Å². The molecule has 3 N–H and O–H groups in total. The van der Waals surface area contributed by atoms with Crippen molar-refractivity contribution in [2.24, 2.45) is 7.05 Å². The van der Waals surface area contributed by atoms with Gasteiger partial charge in [0.1, 0.15) is 11.5 Å². The Morgan fingerprint density at radius 2 is 1.91 bits per heavy atom. The number of nitrogen functional groups attached to an aromatic ring is 1. The molecular weight excluding hydrogens is 475 g/mol. The van der Waals surface area contributed by atoms with E-state index in [4.69, 9.17) is 22.1 Å². The van der Waals surface area contributed by atoms with Crippen molar-refractivity contribution in [2.45, 2.75) is 4.90 Å². The van der Waals surface area contributed by atoms with E-state index in [2.05, 4.69) is 19.7 Å². The fourth-order valence-electron chi connectivity index (χ4n) is 3.21. The summed E-state index contributed by atoms with van der Waals surface area (Å²) in [6.07, 6.45) is 2.64. The summed E-state index contributed by atoms with van der Waals surface area (Å²) in [6, 6.07) is 6.06. The van der Waals surface area contributed by atoms with Gasteiger partial charge in [0.25, 0.3) is 15.6 Å². The summed E-state index contributed by atoms with van der Waals surface area (Å²) >= 11 is 5.88. The zero-order valence-corrected chi connectivity index (χ0v) is 18.8. The van der Waals surface area contributed by atoms with Gasteiger partial charge >= 0.3 is 0 Å². The summed E-state index contributed by atoms with van der Waals surface area (Å²) in [6.45, 7) is 0. The maximum absolute atomic E-state index is 14.7. The second kappa shape index (κ2) is 8.30. The van der Waals surface area contributed by atoms with Gasteiger partial charge < -0.3 is 10.5 Å². The Morgan fingerprint density at radius 1 is 1.15 bits per heavy atom. The zero-order chi connectivity index (χ0) is 23.9. The van der Waals surface area contributed by atoms with E-state index in [1.165, 1.54) is 55.4 Å². The summed E-state index contributed by atoms with van der Waals surface area (Å²) in [4.78, 5) is 24.4. The van der Waals surface area contributed by atoms with Crippen LogP contribution in [0.3, 0.4) is 0 Å². The highest BCUT2D eigenvalue weighted by atomic mass is 35.5. The summed E-state index contributed by atoms with van der Waals surface area (Å²) < 4.78 is 49.1. The SMILES string of the molecule is COc1ncc(Cl)cc1S(=O)(=O)Nc1ccc(F)c(-c2cc3cnc(N)nc3n(C)c2=O)c1. The van der Waals surface area contributed by atoms with E-state index in [1.807, 2.05) is 0 Å². The molecule has 0 bridgehead atoms. The van der Waals surface area contributed by atoms with Crippen LogP contribution >= 0.6 is 11.6 Å². The largest absolute Gasteiger partial charge is 0.480 e. The molecule has 0 aliphatic heterocycles. The lowest BCUT2D eigenvalue weighted by atomic mass is 10.0. The fraction of sp³-hybridized carbons (Fsp3) is 0.100. The molecule has 4 rings (SSSR count). The summed E-state index contributed by atoms with van der Waals surface area (Å²) in [5.41, 5.74) is 5.17. The number of halogens is 2. The first-order valence-corrected chi connectivity index (χ1v) is 11.1. The minimum absolute atomic E-state index is 0.00383. The lowest BCUT2D eigenvalue weighted by Crippen LogP contribution is -2.20. The first-order chi connectivity index (χ1) is 15.6. The maximum atomic E-state index is 14.7. The summed E-state index contributed by atoms with van der Waals surface area (Å²) in [5.74, 6) is -0.913. The van der Waals surface area contributed by atoms with Gasteiger partial charge in [0.15, 0.2) is 4.90 Å². The Hall–Kier alpha value is -3.77. The molecule has 0 saturated heterocycles. The van der Waals surface area contributed by atoms with Gasteiger partial charge in [0, 0.05) is 36.1 Å². The molecule has 4 aromatic rings. The Balaban J connectivity index is 1.82. The van der Waals surface area contributed by atoms with Crippen molar-refractivity contribution in [3.8, 4) is 17.0 Å². The highest BCUT2D eigenvalue weighted by Gasteiger charge is 2.23. The van der Waals surface area contributed by atoms with Gasteiger partial charge in [-0.1, -0.05) is 11.6 Å². The van der Waals surface area contributed by atoms with Crippen LogP contribution in [0.1, 0.15) is 0 Å². The normalized spacial score (nSPS) is 11.5. The van der Waals surface area contributed by atoms with Crippen LogP contribution in [0, 0.1) is 5.82 Å². The molecule has 0 aliphatic rings. The third-order valence-electron chi connectivity index (χ3n) is 4.74. The number of ether oxygens (including phenoxy) is 1. The number of hydrogen-bond donors (Lipinski definition) is 2. The molecule has 13 heteroatoms. The van der Waals surface area contributed by atoms with Crippen molar-refractivity contribution in [3.63, 3.8) is 0 Å².